The first-order valence-electron chi connectivity index (χ1n) is 8.06. The van der Waals surface area contributed by atoms with Crippen molar-refractivity contribution in [3.05, 3.63) is 52.8 Å². The molecule has 0 unspecified atom stereocenters. The van der Waals surface area contributed by atoms with Crippen LogP contribution in [0.2, 0.25) is 5.02 Å². The van der Waals surface area contributed by atoms with Crippen LogP contribution in [0.5, 0.6) is 5.88 Å². The van der Waals surface area contributed by atoms with Gasteiger partial charge in [-0.3, -0.25) is 4.98 Å². The summed E-state index contributed by atoms with van der Waals surface area (Å²) in [4.78, 5) is 19.0. The zero-order valence-electron chi connectivity index (χ0n) is 14.3. The molecule has 3 aromatic heterocycles. The van der Waals surface area contributed by atoms with E-state index in [0.29, 0.717) is 35.1 Å². The third kappa shape index (κ3) is 3.15. The Labute approximate surface area is 159 Å². The molecule has 26 heavy (non-hydrogen) atoms. The fourth-order valence-electron chi connectivity index (χ4n) is 2.82. The Morgan fingerprint density at radius 3 is 2.85 bits per heavy atom. The molecule has 1 aromatic carbocycles. The second-order valence-corrected chi connectivity index (χ2v) is 7.10. The number of nitrogens with zero attached hydrogens (tertiary/aromatic N) is 5. The van der Waals surface area contributed by atoms with Crippen LogP contribution in [0.1, 0.15) is 11.6 Å². The van der Waals surface area contributed by atoms with Crippen LogP contribution < -0.4 is 4.74 Å². The van der Waals surface area contributed by atoms with Crippen LogP contribution in [0.25, 0.3) is 21.5 Å². The van der Waals surface area contributed by atoms with Gasteiger partial charge in [0, 0.05) is 32.3 Å². The van der Waals surface area contributed by atoms with Crippen LogP contribution in [0, 0.1) is 0 Å². The van der Waals surface area contributed by atoms with Gasteiger partial charge in [0.2, 0.25) is 5.88 Å². The van der Waals surface area contributed by atoms with Crippen LogP contribution in [-0.2, 0) is 19.9 Å². The van der Waals surface area contributed by atoms with E-state index in [9.17, 15) is 0 Å². The predicted molar refractivity (Wildman–Crippen MR) is 103 cm³/mol. The van der Waals surface area contributed by atoms with Gasteiger partial charge in [-0.2, -0.15) is 4.98 Å². The minimum atomic E-state index is 0.540. The maximum Gasteiger partial charge on any atom is 0.224 e. The van der Waals surface area contributed by atoms with Crippen molar-refractivity contribution >= 4 is 33.8 Å². The predicted octanol–water partition coefficient (Wildman–Crippen LogP) is 3.93. The summed E-state index contributed by atoms with van der Waals surface area (Å²) < 4.78 is 7.44. The normalized spacial score (nSPS) is 11.2. The van der Waals surface area contributed by atoms with E-state index in [1.807, 2.05) is 47.7 Å². The molecule has 0 N–H and O–H groups in total. The Bertz CT molecular complexity index is 1060. The van der Waals surface area contributed by atoms with Crippen molar-refractivity contribution in [2.24, 2.45) is 7.05 Å². The molecule has 0 aliphatic rings. The molecule has 0 atom stereocenters. The van der Waals surface area contributed by atoms with Crippen molar-refractivity contribution in [1.29, 1.82) is 0 Å². The number of thiazole rings is 1. The van der Waals surface area contributed by atoms with Gasteiger partial charge in [0.1, 0.15) is 17.3 Å². The minimum Gasteiger partial charge on any atom is -0.480 e. The van der Waals surface area contributed by atoms with Crippen LogP contribution in [0.3, 0.4) is 0 Å². The molecule has 0 aliphatic carbocycles. The Morgan fingerprint density at radius 2 is 2.08 bits per heavy atom. The number of imidazole rings is 1. The molecule has 0 saturated carbocycles. The lowest BCUT2D eigenvalue weighted by molar-refractivity contribution is 0.400. The summed E-state index contributed by atoms with van der Waals surface area (Å²) in [5.41, 5.74) is 3.45. The molecule has 0 amide bonds. The number of para-hydroxylation sites is 1. The zero-order chi connectivity index (χ0) is 18.1. The zero-order valence-corrected chi connectivity index (χ0v) is 15.9. The van der Waals surface area contributed by atoms with Crippen molar-refractivity contribution in [3.63, 3.8) is 0 Å². The number of ether oxygens (including phenoxy) is 1. The van der Waals surface area contributed by atoms with Crippen molar-refractivity contribution in [2.75, 3.05) is 7.11 Å². The summed E-state index contributed by atoms with van der Waals surface area (Å²) >= 11 is 7.87. The molecular formula is C18H16ClN5OS. The summed E-state index contributed by atoms with van der Waals surface area (Å²) in [5.74, 6) is 2.19. The highest BCUT2D eigenvalue weighted by molar-refractivity contribution is 7.13. The van der Waals surface area contributed by atoms with Crippen LogP contribution in [0.15, 0.2) is 36.1 Å². The SMILES string of the molecule is COc1nc(CCc2nc(-c3cncs3)cn2C)nc2c(Cl)cccc12. The highest BCUT2D eigenvalue weighted by Gasteiger charge is 2.13. The number of aromatic nitrogens is 5. The number of fused-ring (bicyclic) bond motifs is 1. The van der Waals surface area contributed by atoms with Gasteiger partial charge in [-0.15, -0.1) is 11.3 Å². The van der Waals surface area contributed by atoms with E-state index in [4.69, 9.17) is 21.3 Å². The van der Waals surface area contributed by atoms with Gasteiger partial charge >= 0.3 is 0 Å². The fraction of sp³-hybridized carbons (Fsp3) is 0.222. The number of hydrogen-bond donors (Lipinski definition) is 0. The first-order valence-corrected chi connectivity index (χ1v) is 9.31. The third-order valence-corrected chi connectivity index (χ3v) is 5.21. The van der Waals surface area contributed by atoms with Crippen molar-refractivity contribution < 1.29 is 4.74 Å². The maximum atomic E-state index is 6.29. The van der Waals surface area contributed by atoms with Gasteiger partial charge in [0.25, 0.3) is 0 Å². The first-order chi connectivity index (χ1) is 12.7. The van der Waals surface area contributed by atoms with Gasteiger partial charge in [-0.1, -0.05) is 17.7 Å². The molecule has 0 aliphatic heterocycles. The van der Waals surface area contributed by atoms with Gasteiger partial charge < -0.3 is 9.30 Å². The van der Waals surface area contributed by atoms with Gasteiger partial charge in [-0.25, -0.2) is 9.97 Å². The third-order valence-electron chi connectivity index (χ3n) is 4.11. The highest BCUT2D eigenvalue weighted by Crippen LogP contribution is 2.28. The lowest BCUT2D eigenvalue weighted by atomic mass is 10.2. The summed E-state index contributed by atoms with van der Waals surface area (Å²) in [5, 5.41) is 1.40. The van der Waals surface area contributed by atoms with Crippen molar-refractivity contribution in [1.82, 2.24) is 24.5 Å². The topological polar surface area (TPSA) is 65.7 Å². The number of methoxy groups -OCH3 is 1. The van der Waals surface area contributed by atoms with E-state index in [1.54, 1.807) is 18.4 Å². The molecule has 8 heteroatoms. The quantitative estimate of drug-likeness (QED) is 0.520. The summed E-state index contributed by atoms with van der Waals surface area (Å²) in [6.07, 6.45) is 5.20. The second-order valence-electron chi connectivity index (χ2n) is 5.80. The molecule has 4 rings (SSSR count). The fourth-order valence-corrected chi connectivity index (χ4v) is 3.61. The lowest BCUT2D eigenvalue weighted by Crippen LogP contribution is -2.04. The Kier molecular flexibility index (Phi) is 4.57. The first kappa shape index (κ1) is 16.9. The Balaban J connectivity index is 1.61. The summed E-state index contributed by atoms with van der Waals surface area (Å²) in [6.45, 7) is 0. The summed E-state index contributed by atoms with van der Waals surface area (Å²) in [6, 6.07) is 5.59. The van der Waals surface area contributed by atoms with E-state index >= 15 is 0 Å². The average molecular weight is 386 g/mol. The van der Waals surface area contributed by atoms with E-state index in [2.05, 4.69) is 15.0 Å². The monoisotopic (exact) mass is 385 g/mol. The number of aryl methyl sites for hydroxylation is 3. The number of rotatable bonds is 5. The van der Waals surface area contributed by atoms with Crippen molar-refractivity contribution in [3.8, 4) is 16.5 Å². The van der Waals surface area contributed by atoms with Gasteiger partial charge in [0.05, 0.1) is 33.4 Å². The van der Waals surface area contributed by atoms with E-state index in [-0.39, 0.29) is 0 Å². The Hall–Kier alpha value is -2.51. The molecular weight excluding hydrogens is 370 g/mol. The standard InChI is InChI=1S/C18H16ClN5OS/c1-24-9-13(14-8-20-10-26-14)21-16(24)7-6-15-22-17-11(18(23-15)25-2)4-3-5-12(17)19/h3-5,8-10H,6-7H2,1-2H3. The molecule has 0 spiro atoms. The molecule has 0 saturated heterocycles. The molecule has 132 valence electrons. The molecule has 6 nitrogen and oxygen atoms in total. The number of halogens is 1. The van der Waals surface area contributed by atoms with E-state index in [0.717, 1.165) is 21.8 Å². The van der Waals surface area contributed by atoms with Gasteiger partial charge in [-0.05, 0) is 12.1 Å². The number of hydrogen-bond acceptors (Lipinski definition) is 6. The van der Waals surface area contributed by atoms with E-state index < -0.39 is 0 Å². The van der Waals surface area contributed by atoms with Crippen LogP contribution in [0.4, 0.5) is 0 Å². The van der Waals surface area contributed by atoms with Crippen LogP contribution in [-0.4, -0.2) is 31.6 Å². The van der Waals surface area contributed by atoms with Crippen LogP contribution >= 0.6 is 22.9 Å². The highest BCUT2D eigenvalue weighted by atomic mass is 35.5. The largest absolute Gasteiger partial charge is 0.480 e. The smallest absolute Gasteiger partial charge is 0.224 e. The van der Waals surface area contributed by atoms with Gasteiger partial charge in [0.15, 0.2) is 0 Å². The molecule has 4 aromatic rings. The second kappa shape index (κ2) is 7.01. The molecule has 3 heterocycles. The lowest BCUT2D eigenvalue weighted by Gasteiger charge is -2.08. The average Bonchev–Trinajstić information content (AvgIpc) is 3.29. The Morgan fingerprint density at radius 1 is 1.19 bits per heavy atom. The van der Waals surface area contributed by atoms with E-state index in [1.165, 1.54) is 0 Å². The molecule has 0 bridgehead atoms. The van der Waals surface area contributed by atoms with Crippen molar-refractivity contribution in [2.45, 2.75) is 12.8 Å². The summed E-state index contributed by atoms with van der Waals surface area (Å²) in [7, 11) is 3.60. The minimum absolute atomic E-state index is 0.540. The number of benzene rings is 1. The maximum absolute atomic E-state index is 6.29. The molecule has 0 fully saturated rings. The molecule has 0 radical (unpaired) electrons.